The Labute approximate surface area is 208 Å². The molecule has 0 aliphatic carbocycles. The van der Waals surface area contributed by atoms with Crippen molar-refractivity contribution in [2.45, 2.75) is 4.90 Å². The quantitative estimate of drug-likeness (QED) is 0.305. The van der Waals surface area contributed by atoms with Gasteiger partial charge in [-0.25, -0.2) is 13.2 Å². The molecular formula is C27H16N2O5S2. The number of hydrogen-bond donors (Lipinski definition) is 0. The molecular weight excluding hydrogens is 496 g/mol. The third-order valence-corrected chi connectivity index (χ3v) is 8.36. The number of hydrogen-bond acceptors (Lipinski definition) is 7. The second-order valence-corrected chi connectivity index (χ2v) is 10.7. The van der Waals surface area contributed by atoms with Gasteiger partial charge in [-0.3, -0.25) is 9.78 Å². The lowest BCUT2D eigenvalue weighted by Crippen LogP contribution is -2.37. The number of anilines is 1. The van der Waals surface area contributed by atoms with E-state index in [0.29, 0.717) is 26.4 Å². The van der Waals surface area contributed by atoms with Crippen molar-refractivity contribution in [3.63, 3.8) is 0 Å². The molecule has 0 aliphatic rings. The number of nitrogens with zero attached hydrogens (tertiary/aromatic N) is 2. The first-order valence-electron chi connectivity index (χ1n) is 10.9. The molecule has 6 aromatic rings. The van der Waals surface area contributed by atoms with Gasteiger partial charge in [-0.2, -0.15) is 4.31 Å². The smallest absolute Gasteiger partial charge is 0.396 e. The Bertz CT molecular complexity index is 1960. The van der Waals surface area contributed by atoms with E-state index in [1.165, 1.54) is 18.3 Å². The van der Waals surface area contributed by atoms with Crippen molar-refractivity contribution in [3.05, 3.63) is 112 Å². The molecule has 176 valence electrons. The zero-order chi connectivity index (χ0) is 24.9. The van der Waals surface area contributed by atoms with E-state index in [0.717, 1.165) is 15.6 Å². The number of pyridine rings is 1. The average molecular weight is 513 g/mol. The number of carbonyl (C=O) groups is 1. The van der Waals surface area contributed by atoms with Gasteiger partial charge in [0.15, 0.2) is 5.58 Å². The van der Waals surface area contributed by atoms with Crippen LogP contribution in [-0.2, 0) is 10.0 Å². The molecule has 0 radical (unpaired) electrons. The topological polar surface area (TPSA) is 97.5 Å². The summed E-state index contributed by atoms with van der Waals surface area (Å²) in [4.78, 5) is 29.7. The summed E-state index contributed by atoms with van der Waals surface area (Å²) >= 11 is 0.848. The Morgan fingerprint density at radius 2 is 1.58 bits per heavy atom. The minimum absolute atomic E-state index is 0.102. The number of fused-ring (bicyclic) bond motifs is 4. The molecule has 7 nitrogen and oxygen atoms in total. The van der Waals surface area contributed by atoms with Crippen LogP contribution in [0.25, 0.3) is 32.0 Å². The molecule has 0 atom stereocenters. The molecule has 0 N–H and O–H groups in total. The standard InChI is InChI=1S/C27H16N2O5S2/c30-26(18-8-2-1-3-9-18)29(36(32,33)23-14-6-10-17-11-7-15-28-24(17)23)21-16-22-25(34-27(31)35-22)20-13-5-4-12-19(20)21/h1-16H. The molecule has 0 saturated heterocycles. The highest BCUT2D eigenvalue weighted by atomic mass is 32.2. The van der Waals surface area contributed by atoms with E-state index in [1.54, 1.807) is 78.9 Å². The van der Waals surface area contributed by atoms with Gasteiger partial charge in [0.25, 0.3) is 15.9 Å². The van der Waals surface area contributed by atoms with Gasteiger partial charge >= 0.3 is 4.94 Å². The predicted octanol–water partition coefficient (Wildman–Crippen LogP) is 5.59. The predicted molar refractivity (Wildman–Crippen MR) is 140 cm³/mol. The van der Waals surface area contributed by atoms with Crippen LogP contribution in [0.15, 0.2) is 111 Å². The summed E-state index contributed by atoms with van der Waals surface area (Å²) in [7, 11) is -4.46. The normalized spacial score (nSPS) is 11.8. The summed E-state index contributed by atoms with van der Waals surface area (Å²) in [6.07, 6.45) is 1.51. The van der Waals surface area contributed by atoms with Crippen LogP contribution < -0.4 is 9.24 Å². The van der Waals surface area contributed by atoms with E-state index < -0.39 is 20.9 Å². The average Bonchev–Trinajstić information content (AvgIpc) is 3.29. The molecule has 2 heterocycles. The number of benzene rings is 4. The van der Waals surface area contributed by atoms with E-state index in [2.05, 4.69) is 4.98 Å². The van der Waals surface area contributed by atoms with E-state index in [4.69, 9.17) is 4.42 Å². The van der Waals surface area contributed by atoms with Crippen molar-refractivity contribution in [3.8, 4) is 0 Å². The van der Waals surface area contributed by atoms with Crippen LogP contribution in [-0.4, -0.2) is 19.3 Å². The highest BCUT2D eigenvalue weighted by molar-refractivity contribution is 7.93. The highest BCUT2D eigenvalue weighted by Crippen LogP contribution is 2.39. The molecule has 6 rings (SSSR count). The Balaban J connectivity index is 1.71. The monoisotopic (exact) mass is 512 g/mol. The van der Waals surface area contributed by atoms with E-state index >= 15 is 0 Å². The largest absolute Gasteiger partial charge is 0.413 e. The SMILES string of the molecule is O=C(c1ccccc1)N(c1cc2sc(=O)oc2c2ccccc12)S(=O)(=O)c1cccc2cccnc12. The maximum atomic E-state index is 14.3. The van der Waals surface area contributed by atoms with Gasteiger partial charge in [-0.05, 0) is 30.3 Å². The van der Waals surface area contributed by atoms with E-state index in [-0.39, 0.29) is 21.7 Å². The number of aromatic nitrogens is 1. The van der Waals surface area contributed by atoms with Crippen LogP contribution in [0.5, 0.6) is 0 Å². The first kappa shape index (κ1) is 22.1. The summed E-state index contributed by atoms with van der Waals surface area (Å²) < 4.78 is 35.3. The molecule has 0 unspecified atom stereocenters. The Hall–Kier alpha value is -4.34. The lowest BCUT2D eigenvalue weighted by Gasteiger charge is -2.24. The van der Waals surface area contributed by atoms with E-state index in [1.807, 2.05) is 0 Å². The van der Waals surface area contributed by atoms with Gasteiger partial charge in [0.1, 0.15) is 4.90 Å². The van der Waals surface area contributed by atoms with Crippen LogP contribution in [0, 0.1) is 0 Å². The molecule has 0 bridgehead atoms. The minimum Gasteiger partial charge on any atom is -0.413 e. The van der Waals surface area contributed by atoms with Crippen molar-refractivity contribution in [2.75, 3.05) is 4.31 Å². The van der Waals surface area contributed by atoms with Crippen LogP contribution in [0.4, 0.5) is 5.69 Å². The van der Waals surface area contributed by atoms with Gasteiger partial charge in [0, 0.05) is 27.9 Å². The fourth-order valence-corrected chi connectivity index (χ4v) is 6.59. The summed E-state index contributed by atoms with van der Waals surface area (Å²) in [5.74, 6) is -0.733. The first-order chi connectivity index (χ1) is 17.4. The molecule has 0 saturated carbocycles. The molecule has 9 heteroatoms. The van der Waals surface area contributed by atoms with Crippen LogP contribution >= 0.6 is 11.3 Å². The maximum Gasteiger partial charge on any atom is 0.396 e. The van der Waals surface area contributed by atoms with Crippen LogP contribution in [0.1, 0.15) is 10.4 Å². The number of carbonyl (C=O) groups excluding carboxylic acids is 1. The fourth-order valence-electron chi connectivity index (χ4n) is 4.28. The third-order valence-electron chi connectivity index (χ3n) is 5.86. The summed E-state index contributed by atoms with van der Waals surface area (Å²) in [5.41, 5.74) is 0.917. The van der Waals surface area contributed by atoms with Crippen LogP contribution in [0.2, 0.25) is 0 Å². The summed E-state index contributed by atoms with van der Waals surface area (Å²) in [6, 6.07) is 24.9. The second kappa shape index (κ2) is 8.40. The molecule has 0 aliphatic heterocycles. The highest BCUT2D eigenvalue weighted by Gasteiger charge is 2.35. The summed E-state index contributed by atoms with van der Waals surface area (Å²) in [6.45, 7) is 0. The Kier molecular flexibility index (Phi) is 5.17. The zero-order valence-electron chi connectivity index (χ0n) is 18.5. The molecule has 1 amide bonds. The Morgan fingerprint density at radius 1 is 0.861 bits per heavy atom. The molecule has 4 aromatic carbocycles. The van der Waals surface area contributed by atoms with Crippen molar-refractivity contribution in [2.24, 2.45) is 0 Å². The van der Waals surface area contributed by atoms with E-state index in [9.17, 15) is 18.0 Å². The number of amides is 1. The number of sulfonamides is 1. The first-order valence-corrected chi connectivity index (χ1v) is 13.1. The minimum atomic E-state index is -4.46. The number of para-hydroxylation sites is 1. The van der Waals surface area contributed by atoms with Gasteiger partial charge in [0.05, 0.1) is 15.9 Å². The van der Waals surface area contributed by atoms with Gasteiger partial charge in [0.2, 0.25) is 0 Å². The van der Waals surface area contributed by atoms with Gasteiger partial charge < -0.3 is 4.42 Å². The lowest BCUT2D eigenvalue weighted by molar-refractivity contribution is 0.101. The van der Waals surface area contributed by atoms with Gasteiger partial charge in [-0.15, -0.1) is 0 Å². The zero-order valence-corrected chi connectivity index (χ0v) is 20.1. The van der Waals surface area contributed by atoms with Crippen LogP contribution in [0.3, 0.4) is 0 Å². The fraction of sp³-hybridized carbons (Fsp3) is 0. The molecule has 0 spiro atoms. The molecule has 2 aromatic heterocycles. The number of rotatable bonds is 4. The maximum absolute atomic E-state index is 14.3. The molecule has 36 heavy (non-hydrogen) atoms. The Morgan fingerprint density at radius 3 is 2.39 bits per heavy atom. The van der Waals surface area contributed by atoms with Crippen molar-refractivity contribution < 1.29 is 17.6 Å². The lowest BCUT2D eigenvalue weighted by atomic mass is 10.1. The van der Waals surface area contributed by atoms with Crippen molar-refractivity contribution in [1.82, 2.24) is 4.98 Å². The third kappa shape index (κ3) is 3.48. The van der Waals surface area contributed by atoms with Crippen molar-refractivity contribution in [1.29, 1.82) is 0 Å². The second-order valence-electron chi connectivity index (χ2n) is 7.99. The van der Waals surface area contributed by atoms with Crippen molar-refractivity contribution >= 4 is 64.9 Å². The van der Waals surface area contributed by atoms with Gasteiger partial charge in [-0.1, -0.05) is 72.0 Å². The molecule has 0 fully saturated rings. The summed E-state index contributed by atoms with van der Waals surface area (Å²) in [5, 5.41) is 1.60.